The molecule has 3 rings (SSSR count). The second kappa shape index (κ2) is 9.38. The Balaban J connectivity index is 1.78. The van der Waals surface area contributed by atoms with Gasteiger partial charge in [-0.3, -0.25) is 14.9 Å². The molecule has 0 amide bonds. The molecule has 0 atom stereocenters. The van der Waals surface area contributed by atoms with Crippen LogP contribution < -0.4 is 9.47 Å². The molecule has 1 N–H and O–H groups in total. The minimum absolute atomic E-state index is 0.0214. The Morgan fingerprint density at radius 3 is 2.60 bits per heavy atom. The SMILES string of the molecule is COc1ccc(/C=C/C(=O)c2cccc(O)c2)cc1COc1ccccc1[N+](=O)[O-]. The van der Waals surface area contributed by atoms with Crippen LogP contribution in [0.15, 0.2) is 72.8 Å². The lowest BCUT2D eigenvalue weighted by Gasteiger charge is -2.11. The normalized spacial score (nSPS) is 10.7. The number of aromatic hydroxyl groups is 1. The van der Waals surface area contributed by atoms with Gasteiger partial charge in [0, 0.05) is 17.2 Å². The average Bonchev–Trinajstić information content (AvgIpc) is 2.76. The van der Waals surface area contributed by atoms with E-state index in [9.17, 15) is 20.0 Å². The molecule has 30 heavy (non-hydrogen) atoms. The molecule has 3 aromatic rings. The third kappa shape index (κ3) is 5.02. The maximum absolute atomic E-state index is 12.3. The van der Waals surface area contributed by atoms with E-state index in [1.165, 1.54) is 37.5 Å². The van der Waals surface area contributed by atoms with Crippen LogP contribution in [0.25, 0.3) is 6.08 Å². The van der Waals surface area contributed by atoms with Crippen molar-refractivity contribution in [1.82, 2.24) is 0 Å². The van der Waals surface area contributed by atoms with Crippen molar-refractivity contribution in [2.24, 2.45) is 0 Å². The summed E-state index contributed by atoms with van der Waals surface area (Å²) in [4.78, 5) is 22.9. The monoisotopic (exact) mass is 405 g/mol. The number of carbonyl (C=O) groups excluding carboxylic acids is 1. The number of phenols is 1. The Bertz CT molecular complexity index is 1110. The lowest BCUT2D eigenvalue weighted by molar-refractivity contribution is -0.385. The van der Waals surface area contributed by atoms with Crippen molar-refractivity contribution in [3.63, 3.8) is 0 Å². The zero-order valence-corrected chi connectivity index (χ0v) is 16.1. The van der Waals surface area contributed by atoms with E-state index in [4.69, 9.17) is 9.47 Å². The Labute approximate surface area is 173 Å². The third-order valence-corrected chi connectivity index (χ3v) is 4.31. The van der Waals surface area contributed by atoms with Gasteiger partial charge in [0.05, 0.1) is 12.0 Å². The summed E-state index contributed by atoms with van der Waals surface area (Å²) in [6.45, 7) is 0.0518. The van der Waals surface area contributed by atoms with Gasteiger partial charge in [-0.05, 0) is 42.0 Å². The second-order valence-corrected chi connectivity index (χ2v) is 6.33. The van der Waals surface area contributed by atoms with E-state index in [0.717, 1.165) is 5.56 Å². The number of nitro benzene ring substituents is 1. The van der Waals surface area contributed by atoms with Crippen molar-refractivity contribution in [3.8, 4) is 17.2 Å². The highest BCUT2D eigenvalue weighted by Crippen LogP contribution is 2.28. The number of hydrogen-bond donors (Lipinski definition) is 1. The molecule has 0 bridgehead atoms. The number of nitro groups is 1. The van der Waals surface area contributed by atoms with Gasteiger partial charge in [0.2, 0.25) is 0 Å². The van der Waals surface area contributed by atoms with E-state index < -0.39 is 4.92 Å². The lowest BCUT2D eigenvalue weighted by atomic mass is 10.1. The van der Waals surface area contributed by atoms with Crippen LogP contribution in [0.5, 0.6) is 17.2 Å². The van der Waals surface area contributed by atoms with Crippen molar-refractivity contribution in [1.29, 1.82) is 0 Å². The molecule has 3 aromatic carbocycles. The van der Waals surface area contributed by atoms with E-state index in [1.807, 2.05) is 0 Å². The minimum Gasteiger partial charge on any atom is -0.508 e. The summed E-state index contributed by atoms with van der Waals surface area (Å²) in [5.74, 6) is 0.488. The summed E-state index contributed by atoms with van der Waals surface area (Å²) in [5.41, 5.74) is 1.65. The molecular weight excluding hydrogens is 386 g/mol. The summed E-state index contributed by atoms with van der Waals surface area (Å²) >= 11 is 0. The first kappa shape index (κ1) is 20.6. The molecule has 0 heterocycles. The van der Waals surface area contributed by atoms with Gasteiger partial charge in [-0.25, -0.2) is 0 Å². The number of hydrogen-bond acceptors (Lipinski definition) is 6. The number of methoxy groups -OCH3 is 1. The summed E-state index contributed by atoms with van der Waals surface area (Å²) in [6, 6.07) is 17.5. The van der Waals surface area contributed by atoms with Crippen LogP contribution in [0.1, 0.15) is 21.5 Å². The first-order valence-corrected chi connectivity index (χ1v) is 9.02. The maximum Gasteiger partial charge on any atom is 0.310 e. The Morgan fingerprint density at radius 1 is 1.07 bits per heavy atom. The van der Waals surface area contributed by atoms with Gasteiger partial charge in [-0.15, -0.1) is 0 Å². The first-order chi connectivity index (χ1) is 14.5. The summed E-state index contributed by atoms with van der Waals surface area (Å²) in [7, 11) is 1.52. The van der Waals surface area contributed by atoms with Crippen LogP contribution in [0, 0.1) is 10.1 Å². The molecule has 0 fully saturated rings. The van der Waals surface area contributed by atoms with Crippen molar-refractivity contribution < 1.29 is 24.3 Å². The number of nitrogens with zero attached hydrogens (tertiary/aromatic N) is 1. The number of para-hydroxylation sites is 2. The predicted octanol–water partition coefficient (Wildman–Crippen LogP) is 4.78. The quantitative estimate of drug-likeness (QED) is 0.250. The Kier molecular flexibility index (Phi) is 6.44. The van der Waals surface area contributed by atoms with Gasteiger partial charge >= 0.3 is 5.69 Å². The van der Waals surface area contributed by atoms with E-state index >= 15 is 0 Å². The smallest absolute Gasteiger partial charge is 0.310 e. The van der Waals surface area contributed by atoms with Crippen molar-refractivity contribution >= 4 is 17.5 Å². The zero-order chi connectivity index (χ0) is 21.5. The van der Waals surface area contributed by atoms with E-state index in [-0.39, 0.29) is 29.6 Å². The molecule has 0 saturated heterocycles. The fraction of sp³-hybridized carbons (Fsp3) is 0.0870. The van der Waals surface area contributed by atoms with Crippen molar-refractivity contribution in [3.05, 3.63) is 99.6 Å². The molecule has 0 aromatic heterocycles. The third-order valence-electron chi connectivity index (χ3n) is 4.31. The summed E-state index contributed by atoms with van der Waals surface area (Å²) < 4.78 is 11.0. The maximum atomic E-state index is 12.3. The highest BCUT2D eigenvalue weighted by molar-refractivity contribution is 6.07. The van der Waals surface area contributed by atoms with Crippen LogP contribution >= 0.6 is 0 Å². The number of phenolic OH excluding ortho intramolecular Hbond substituents is 1. The van der Waals surface area contributed by atoms with Gasteiger partial charge < -0.3 is 14.6 Å². The molecule has 7 heteroatoms. The molecule has 0 aliphatic heterocycles. The molecule has 0 aliphatic rings. The Morgan fingerprint density at radius 2 is 1.87 bits per heavy atom. The van der Waals surface area contributed by atoms with Crippen LogP contribution in [0.2, 0.25) is 0 Å². The van der Waals surface area contributed by atoms with E-state index in [2.05, 4.69) is 0 Å². The summed E-state index contributed by atoms with van der Waals surface area (Å²) in [5, 5.41) is 20.6. The van der Waals surface area contributed by atoms with Crippen LogP contribution in [-0.2, 0) is 6.61 Å². The van der Waals surface area contributed by atoms with E-state index in [1.54, 1.807) is 48.5 Å². The standard InChI is InChI=1S/C23H19NO6/c1-29-22-12-10-16(9-11-21(26)17-5-4-6-19(25)14-17)13-18(22)15-30-23-8-3-2-7-20(23)24(27)28/h2-14,25H,15H2,1H3/b11-9+. The molecule has 0 spiro atoms. The second-order valence-electron chi connectivity index (χ2n) is 6.33. The highest BCUT2D eigenvalue weighted by atomic mass is 16.6. The van der Waals surface area contributed by atoms with Crippen molar-refractivity contribution in [2.75, 3.05) is 7.11 Å². The average molecular weight is 405 g/mol. The molecule has 152 valence electrons. The van der Waals surface area contributed by atoms with E-state index in [0.29, 0.717) is 16.9 Å². The van der Waals surface area contributed by atoms with Gasteiger partial charge in [0.15, 0.2) is 11.5 Å². The highest BCUT2D eigenvalue weighted by Gasteiger charge is 2.14. The molecular formula is C23H19NO6. The van der Waals surface area contributed by atoms with Gasteiger partial charge in [-0.1, -0.05) is 36.4 Å². The van der Waals surface area contributed by atoms with Gasteiger partial charge in [-0.2, -0.15) is 0 Å². The molecule has 0 aliphatic carbocycles. The number of ether oxygens (including phenoxy) is 2. The number of benzene rings is 3. The number of carbonyl (C=O) groups is 1. The Hall–Kier alpha value is -4.13. The van der Waals surface area contributed by atoms with Crippen molar-refractivity contribution in [2.45, 2.75) is 6.61 Å². The lowest BCUT2D eigenvalue weighted by Crippen LogP contribution is -2.01. The fourth-order valence-corrected chi connectivity index (χ4v) is 2.83. The molecule has 0 saturated carbocycles. The largest absolute Gasteiger partial charge is 0.508 e. The first-order valence-electron chi connectivity index (χ1n) is 9.02. The minimum atomic E-state index is -0.501. The van der Waals surface area contributed by atoms with Crippen LogP contribution in [0.4, 0.5) is 5.69 Å². The topological polar surface area (TPSA) is 98.9 Å². The van der Waals surface area contributed by atoms with Gasteiger partial charge in [0.25, 0.3) is 0 Å². The predicted molar refractivity (Wildman–Crippen MR) is 112 cm³/mol. The number of rotatable bonds is 8. The summed E-state index contributed by atoms with van der Waals surface area (Å²) in [6.07, 6.45) is 3.05. The van der Waals surface area contributed by atoms with Crippen LogP contribution in [0.3, 0.4) is 0 Å². The fourth-order valence-electron chi connectivity index (χ4n) is 2.83. The number of allylic oxidation sites excluding steroid dienone is 1. The molecule has 0 unspecified atom stereocenters. The van der Waals surface area contributed by atoms with Gasteiger partial charge in [0.1, 0.15) is 18.1 Å². The molecule has 7 nitrogen and oxygen atoms in total. The number of ketones is 1. The zero-order valence-electron chi connectivity index (χ0n) is 16.1. The molecule has 0 radical (unpaired) electrons. The van der Waals surface area contributed by atoms with Crippen LogP contribution in [-0.4, -0.2) is 22.9 Å².